The highest BCUT2D eigenvalue weighted by Gasteiger charge is 2.40. The third-order valence-corrected chi connectivity index (χ3v) is 5.47. The first-order valence-corrected chi connectivity index (χ1v) is 11.6. The van der Waals surface area contributed by atoms with Crippen LogP contribution in [0, 0.1) is 0 Å². The lowest BCUT2D eigenvalue weighted by atomic mass is 10.1. The molecule has 4 atom stereocenters. The van der Waals surface area contributed by atoms with E-state index in [1.165, 1.54) is 57.8 Å². The molecule has 0 bridgehead atoms. The first-order valence-electron chi connectivity index (χ1n) is 11.6. The number of hydrogen-bond donors (Lipinski definition) is 3. The second-order valence-electron chi connectivity index (χ2n) is 8.03. The molecule has 1 aliphatic rings. The van der Waals surface area contributed by atoms with Crippen molar-refractivity contribution in [1.29, 1.82) is 0 Å². The number of hydrogen-bond acceptors (Lipinski definition) is 5. The zero-order valence-electron chi connectivity index (χ0n) is 17.9. The van der Waals surface area contributed by atoms with Crippen LogP contribution in [0.2, 0.25) is 0 Å². The van der Waals surface area contributed by atoms with Crippen LogP contribution >= 0.6 is 0 Å². The van der Waals surface area contributed by atoms with Crippen LogP contribution < -0.4 is 0 Å². The number of allylic oxidation sites excluding steroid dienone is 2. The van der Waals surface area contributed by atoms with Crippen LogP contribution in [-0.4, -0.2) is 59.6 Å². The Kier molecular flexibility index (Phi) is 15.9. The fourth-order valence-electron chi connectivity index (χ4n) is 3.61. The van der Waals surface area contributed by atoms with Gasteiger partial charge in [0.25, 0.3) is 0 Å². The van der Waals surface area contributed by atoms with Gasteiger partial charge in [0.2, 0.25) is 0 Å². The van der Waals surface area contributed by atoms with E-state index in [-0.39, 0.29) is 6.61 Å². The number of rotatable bonds is 18. The Bertz CT molecular complexity index is 374. The molecule has 28 heavy (non-hydrogen) atoms. The predicted molar refractivity (Wildman–Crippen MR) is 113 cm³/mol. The van der Waals surface area contributed by atoms with Gasteiger partial charge >= 0.3 is 0 Å². The summed E-state index contributed by atoms with van der Waals surface area (Å²) in [7, 11) is 0. The highest BCUT2D eigenvalue weighted by molar-refractivity contribution is 4.88. The Hall–Kier alpha value is -0.460. The van der Waals surface area contributed by atoms with Gasteiger partial charge in [-0.15, -0.1) is 0 Å². The molecule has 1 saturated heterocycles. The van der Waals surface area contributed by atoms with Gasteiger partial charge in [-0.25, -0.2) is 0 Å². The molecule has 1 heterocycles. The van der Waals surface area contributed by atoms with Crippen molar-refractivity contribution in [1.82, 2.24) is 0 Å². The second-order valence-corrected chi connectivity index (χ2v) is 8.03. The fraction of sp³-hybridized carbons (Fsp3) is 0.913. The van der Waals surface area contributed by atoms with Gasteiger partial charge in [0, 0.05) is 6.61 Å². The highest BCUT2D eigenvalue weighted by Crippen LogP contribution is 2.20. The van der Waals surface area contributed by atoms with E-state index in [4.69, 9.17) is 14.6 Å². The number of unbranched alkanes of at least 4 members (excludes halogenated alkanes) is 11. The second kappa shape index (κ2) is 17.4. The first-order chi connectivity index (χ1) is 13.7. The minimum absolute atomic E-state index is 0.268. The lowest BCUT2D eigenvalue weighted by Gasteiger charge is -2.20. The molecule has 0 spiro atoms. The molecule has 1 aliphatic heterocycles. The molecule has 5 heteroatoms. The van der Waals surface area contributed by atoms with Gasteiger partial charge in [0.1, 0.15) is 24.4 Å². The van der Waals surface area contributed by atoms with Crippen LogP contribution in [0.15, 0.2) is 12.2 Å². The number of aliphatic hydroxyl groups excluding tert-OH is 3. The zero-order valence-corrected chi connectivity index (χ0v) is 17.9. The largest absolute Gasteiger partial charge is 0.394 e. The van der Waals surface area contributed by atoms with Crippen LogP contribution in [0.3, 0.4) is 0 Å². The Morgan fingerprint density at radius 2 is 1.50 bits per heavy atom. The van der Waals surface area contributed by atoms with Crippen molar-refractivity contribution in [2.24, 2.45) is 0 Å². The van der Waals surface area contributed by atoms with Crippen LogP contribution in [0.1, 0.15) is 90.4 Å². The third-order valence-electron chi connectivity index (χ3n) is 5.47. The molecule has 0 aliphatic carbocycles. The third kappa shape index (κ3) is 11.5. The SMILES string of the molecule is CCCCCCCCCC/C=C/CCCCCO[C@H]1CO[C@H]([C@H](O)CO)[C@@H]1O. The van der Waals surface area contributed by atoms with Crippen LogP contribution in [0.25, 0.3) is 0 Å². The summed E-state index contributed by atoms with van der Waals surface area (Å²) in [5.74, 6) is 0. The first kappa shape index (κ1) is 25.6. The molecule has 0 radical (unpaired) electrons. The molecule has 3 N–H and O–H groups in total. The lowest BCUT2D eigenvalue weighted by Crippen LogP contribution is -2.41. The number of ether oxygens (including phenoxy) is 2. The minimum Gasteiger partial charge on any atom is -0.394 e. The highest BCUT2D eigenvalue weighted by atomic mass is 16.6. The Morgan fingerprint density at radius 3 is 2.11 bits per heavy atom. The minimum atomic E-state index is -1.05. The molecule has 1 fully saturated rings. The Morgan fingerprint density at radius 1 is 0.929 bits per heavy atom. The van der Waals surface area contributed by atoms with E-state index in [9.17, 15) is 10.2 Å². The lowest BCUT2D eigenvalue weighted by molar-refractivity contribution is -0.0730. The maximum Gasteiger partial charge on any atom is 0.114 e. The molecule has 0 saturated carbocycles. The smallest absolute Gasteiger partial charge is 0.114 e. The summed E-state index contributed by atoms with van der Waals surface area (Å²) in [6, 6.07) is 0. The van der Waals surface area contributed by atoms with Crippen LogP contribution in [-0.2, 0) is 9.47 Å². The van der Waals surface area contributed by atoms with Crippen molar-refractivity contribution in [2.45, 2.75) is 115 Å². The van der Waals surface area contributed by atoms with Crippen molar-refractivity contribution in [3.63, 3.8) is 0 Å². The summed E-state index contributed by atoms with van der Waals surface area (Å²) in [6.07, 6.45) is 18.1. The van der Waals surface area contributed by atoms with Gasteiger partial charge in [-0.05, 0) is 32.1 Å². The normalized spacial score (nSPS) is 23.6. The van der Waals surface area contributed by atoms with Crippen molar-refractivity contribution in [3.8, 4) is 0 Å². The summed E-state index contributed by atoms with van der Waals surface area (Å²) in [4.78, 5) is 0. The van der Waals surface area contributed by atoms with Gasteiger partial charge in [-0.1, -0.05) is 70.4 Å². The molecule has 0 unspecified atom stereocenters. The molecule has 1 rings (SSSR count). The summed E-state index contributed by atoms with van der Waals surface area (Å²) in [6.45, 7) is 2.71. The monoisotopic (exact) mass is 400 g/mol. The van der Waals surface area contributed by atoms with E-state index in [1.54, 1.807) is 0 Å². The van der Waals surface area contributed by atoms with Gasteiger partial charge in [-0.3, -0.25) is 0 Å². The topological polar surface area (TPSA) is 79.2 Å². The summed E-state index contributed by atoms with van der Waals surface area (Å²) >= 11 is 0. The van der Waals surface area contributed by atoms with E-state index in [2.05, 4.69) is 19.1 Å². The molecule has 0 aromatic carbocycles. The van der Waals surface area contributed by atoms with E-state index in [0.717, 1.165) is 25.7 Å². The van der Waals surface area contributed by atoms with Gasteiger partial charge in [0.15, 0.2) is 0 Å². The zero-order chi connectivity index (χ0) is 20.5. The number of aliphatic hydroxyl groups is 3. The maximum absolute atomic E-state index is 10.0. The predicted octanol–water partition coefficient (Wildman–Crippen LogP) is 4.13. The molecule has 5 nitrogen and oxygen atoms in total. The summed E-state index contributed by atoms with van der Waals surface area (Å²) < 4.78 is 11.0. The Labute approximate surface area is 172 Å². The molecule has 0 aromatic rings. The van der Waals surface area contributed by atoms with Crippen molar-refractivity contribution >= 4 is 0 Å². The fourth-order valence-corrected chi connectivity index (χ4v) is 3.61. The van der Waals surface area contributed by atoms with E-state index < -0.39 is 31.0 Å². The van der Waals surface area contributed by atoms with E-state index >= 15 is 0 Å². The van der Waals surface area contributed by atoms with Crippen molar-refractivity contribution in [3.05, 3.63) is 12.2 Å². The summed E-state index contributed by atoms with van der Waals surface area (Å²) in [5, 5.41) is 28.5. The molecule has 0 aromatic heterocycles. The average molecular weight is 401 g/mol. The molecule has 0 amide bonds. The van der Waals surface area contributed by atoms with E-state index in [1.807, 2.05) is 0 Å². The van der Waals surface area contributed by atoms with Crippen molar-refractivity contribution in [2.75, 3.05) is 19.8 Å². The molecular formula is C23H44O5. The van der Waals surface area contributed by atoms with Crippen LogP contribution in [0.4, 0.5) is 0 Å². The quantitative estimate of drug-likeness (QED) is 0.238. The molecule has 166 valence electrons. The van der Waals surface area contributed by atoms with Gasteiger partial charge < -0.3 is 24.8 Å². The van der Waals surface area contributed by atoms with Crippen LogP contribution in [0.5, 0.6) is 0 Å². The standard InChI is InChI=1S/C23H44O5/c1-2-3-4-5-6-7-8-9-10-11-12-13-14-15-16-17-27-21-19-28-23(22(21)26)20(25)18-24/h11-12,20-26H,2-10,13-19H2,1H3/b12-11+/t20-,21+,22-,23-/m1/s1. The van der Waals surface area contributed by atoms with E-state index in [0.29, 0.717) is 6.61 Å². The van der Waals surface area contributed by atoms with Gasteiger partial charge in [0.05, 0.1) is 13.2 Å². The maximum atomic E-state index is 10.0. The average Bonchev–Trinajstić information content (AvgIpc) is 3.07. The van der Waals surface area contributed by atoms with Crippen molar-refractivity contribution < 1.29 is 24.8 Å². The Balaban J connectivity index is 1.86. The summed E-state index contributed by atoms with van der Waals surface area (Å²) in [5.41, 5.74) is 0. The molecular weight excluding hydrogens is 356 g/mol. The van der Waals surface area contributed by atoms with Gasteiger partial charge in [-0.2, -0.15) is 0 Å².